The van der Waals surface area contributed by atoms with Crippen LogP contribution in [0.2, 0.25) is 0 Å². The smallest absolute Gasteiger partial charge is 0.149 e. The molecule has 0 fully saturated rings. The van der Waals surface area contributed by atoms with E-state index in [1.54, 1.807) is 0 Å². The summed E-state index contributed by atoms with van der Waals surface area (Å²) < 4.78 is 12.9. The van der Waals surface area contributed by atoms with E-state index in [2.05, 4.69) is 0 Å². The van der Waals surface area contributed by atoms with E-state index in [0.29, 0.717) is 5.56 Å². The standard InChI is InChI=1S/C10H15FN2O/c1-5(2)10(13)6-3-8(12)7(11)4-9(6)14/h3-5,10,14H,12-13H2,1-2H3/t10-/m1/s1. The molecule has 14 heavy (non-hydrogen) atoms. The summed E-state index contributed by atoms with van der Waals surface area (Å²) in [6, 6.07) is 2.04. The summed E-state index contributed by atoms with van der Waals surface area (Å²) >= 11 is 0. The molecular weight excluding hydrogens is 183 g/mol. The molecule has 0 amide bonds. The van der Waals surface area contributed by atoms with Crippen molar-refractivity contribution in [3.8, 4) is 5.75 Å². The molecule has 3 nitrogen and oxygen atoms in total. The summed E-state index contributed by atoms with van der Waals surface area (Å²) in [7, 11) is 0. The number of anilines is 1. The Hall–Kier alpha value is -1.29. The topological polar surface area (TPSA) is 72.3 Å². The van der Waals surface area contributed by atoms with Gasteiger partial charge in [0.1, 0.15) is 11.6 Å². The Bertz CT molecular complexity index is 339. The van der Waals surface area contributed by atoms with Crippen LogP contribution >= 0.6 is 0 Å². The number of phenolic OH excluding ortho intramolecular Hbond substituents is 1. The van der Waals surface area contributed by atoms with Gasteiger partial charge in [0.25, 0.3) is 0 Å². The number of benzene rings is 1. The van der Waals surface area contributed by atoms with Crippen LogP contribution in [0.3, 0.4) is 0 Å². The van der Waals surface area contributed by atoms with Crippen LogP contribution in [-0.2, 0) is 0 Å². The van der Waals surface area contributed by atoms with Gasteiger partial charge in [-0.15, -0.1) is 0 Å². The molecule has 1 aromatic rings. The molecule has 0 spiro atoms. The maximum atomic E-state index is 12.9. The molecule has 4 heteroatoms. The van der Waals surface area contributed by atoms with E-state index in [1.165, 1.54) is 6.07 Å². The minimum absolute atomic E-state index is 0.00824. The second-order valence-corrected chi connectivity index (χ2v) is 3.70. The summed E-state index contributed by atoms with van der Waals surface area (Å²) in [5.41, 5.74) is 11.7. The van der Waals surface area contributed by atoms with Crippen LogP contribution in [0.1, 0.15) is 25.5 Å². The molecule has 0 aliphatic heterocycles. The Morgan fingerprint density at radius 3 is 2.43 bits per heavy atom. The average Bonchev–Trinajstić information content (AvgIpc) is 2.10. The number of hydrogen-bond acceptors (Lipinski definition) is 3. The number of phenols is 1. The molecule has 0 bridgehead atoms. The molecular formula is C10H15FN2O. The van der Waals surface area contributed by atoms with E-state index < -0.39 is 5.82 Å². The van der Waals surface area contributed by atoms with E-state index in [0.717, 1.165) is 6.07 Å². The van der Waals surface area contributed by atoms with Crippen molar-refractivity contribution in [2.75, 3.05) is 5.73 Å². The van der Waals surface area contributed by atoms with Gasteiger partial charge in [-0.2, -0.15) is 0 Å². The van der Waals surface area contributed by atoms with Crippen LogP contribution in [0.4, 0.5) is 10.1 Å². The fourth-order valence-corrected chi connectivity index (χ4v) is 1.22. The Morgan fingerprint density at radius 1 is 1.36 bits per heavy atom. The van der Waals surface area contributed by atoms with E-state index >= 15 is 0 Å². The van der Waals surface area contributed by atoms with E-state index in [1.807, 2.05) is 13.8 Å². The molecule has 0 aliphatic carbocycles. The van der Waals surface area contributed by atoms with Crippen LogP contribution in [-0.4, -0.2) is 5.11 Å². The molecule has 1 atom stereocenters. The summed E-state index contributed by atoms with van der Waals surface area (Å²) in [4.78, 5) is 0. The summed E-state index contributed by atoms with van der Waals surface area (Å²) in [5, 5.41) is 9.46. The first-order valence-electron chi connectivity index (χ1n) is 4.47. The van der Waals surface area contributed by atoms with Gasteiger partial charge in [-0.1, -0.05) is 13.8 Å². The fourth-order valence-electron chi connectivity index (χ4n) is 1.22. The van der Waals surface area contributed by atoms with Gasteiger partial charge in [-0.05, 0) is 12.0 Å². The summed E-state index contributed by atoms with van der Waals surface area (Å²) in [5.74, 6) is -0.606. The highest BCUT2D eigenvalue weighted by atomic mass is 19.1. The number of rotatable bonds is 2. The minimum atomic E-state index is -0.623. The molecule has 0 saturated heterocycles. The minimum Gasteiger partial charge on any atom is -0.507 e. The maximum absolute atomic E-state index is 12.9. The number of aromatic hydroxyl groups is 1. The normalized spacial score (nSPS) is 13.2. The number of nitrogen functional groups attached to an aromatic ring is 1. The third kappa shape index (κ3) is 1.96. The number of hydrogen-bond donors (Lipinski definition) is 3. The van der Waals surface area contributed by atoms with Crippen molar-refractivity contribution in [1.82, 2.24) is 0 Å². The summed E-state index contributed by atoms with van der Waals surface area (Å²) in [6.07, 6.45) is 0. The zero-order chi connectivity index (χ0) is 10.9. The molecule has 1 aromatic carbocycles. The van der Waals surface area contributed by atoms with Gasteiger partial charge in [0.05, 0.1) is 5.69 Å². The van der Waals surface area contributed by atoms with E-state index in [4.69, 9.17) is 11.5 Å². The third-order valence-corrected chi connectivity index (χ3v) is 2.22. The van der Waals surface area contributed by atoms with Gasteiger partial charge in [0.2, 0.25) is 0 Å². The van der Waals surface area contributed by atoms with Crippen molar-refractivity contribution in [3.63, 3.8) is 0 Å². The van der Waals surface area contributed by atoms with Gasteiger partial charge >= 0.3 is 0 Å². The first-order valence-corrected chi connectivity index (χ1v) is 4.47. The lowest BCUT2D eigenvalue weighted by atomic mass is 9.96. The fraction of sp³-hybridized carbons (Fsp3) is 0.400. The van der Waals surface area contributed by atoms with Crippen molar-refractivity contribution in [3.05, 3.63) is 23.5 Å². The summed E-state index contributed by atoms with van der Waals surface area (Å²) in [6.45, 7) is 3.84. The molecule has 0 saturated carbocycles. The molecule has 5 N–H and O–H groups in total. The second kappa shape index (κ2) is 3.84. The van der Waals surface area contributed by atoms with E-state index in [9.17, 15) is 9.50 Å². The van der Waals surface area contributed by atoms with Crippen molar-refractivity contribution >= 4 is 5.69 Å². The van der Waals surface area contributed by atoms with Crippen LogP contribution in [0.5, 0.6) is 5.75 Å². The first kappa shape index (κ1) is 10.8. The monoisotopic (exact) mass is 198 g/mol. The maximum Gasteiger partial charge on any atom is 0.149 e. The lowest BCUT2D eigenvalue weighted by Gasteiger charge is -2.17. The highest BCUT2D eigenvalue weighted by molar-refractivity contribution is 5.49. The highest BCUT2D eigenvalue weighted by Gasteiger charge is 2.16. The molecule has 0 aliphatic rings. The van der Waals surface area contributed by atoms with E-state index in [-0.39, 0.29) is 23.4 Å². The average molecular weight is 198 g/mol. The molecule has 0 radical (unpaired) electrons. The van der Waals surface area contributed by atoms with Gasteiger partial charge in [-0.3, -0.25) is 0 Å². The van der Waals surface area contributed by atoms with Crippen LogP contribution in [0, 0.1) is 11.7 Å². The molecule has 0 unspecified atom stereocenters. The zero-order valence-electron chi connectivity index (χ0n) is 8.29. The van der Waals surface area contributed by atoms with Gasteiger partial charge in [-0.25, -0.2) is 4.39 Å². The lowest BCUT2D eigenvalue weighted by Crippen LogP contribution is -2.17. The SMILES string of the molecule is CC(C)[C@@H](N)c1cc(N)c(F)cc1O. The van der Waals surface area contributed by atoms with Crippen molar-refractivity contribution < 1.29 is 9.50 Å². The van der Waals surface area contributed by atoms with Gasteiger partial charge < -0.3 is 16.6 Å². The Labute approximate surface area is 82.5 Å². The number of halogens is 1. The highest BCUT2D eigenvalue weighted by Crippen LogP contribution is 2.30. The zero-order valence-corrected chi connectivity index (χ0v) is 8.29. The van der Waals surface area contributed by atoms with Crippen LogP contribution in [0.25, 0.3) is 0 Å². The molecule has 1 rings (SSSR count). The second-order valence-electron chi connectivity index (χ2n) is 3.70. The Morgan fingerprint density at radius 2 is 1.93 bits per heavy atom. The van der Waals surface area contributed by atoms with Crippen molar-refractivity contribution in [2.45, 2.75) is 19.9 Å². The number of nitrogens with two attached hydrogens (primary N) is 2. The predicted octanol–water partition coefficient (Wildman–Crippen LogP) is 1.77. The largest absolute Gasteiger partial charge is 0.507 e. The third-order valence-electron chi connectivity index (χ3n) is 2.22. The van der Waals surface area contributed by atoms with Crippen molar-refractivity contribution in [2.24, 2.45) is 11.7 Å². The molecule has 0 aromatic heterocycles. The Balaban J connectivity index is 3.15. The quantitative estimate of drug-likeness (QED) is 0.501. The van der Waals surface area contributed by atoms with Crippen molar-refractivity contribution in [1.29, 1.82) is 0 Å². The predicted molar refractivity (Wildman–Crippen MR) is 54.2 cm³/mol. The lowest BCUT2D eigenvalue weighted by molar-refractivity contribution is 0.435. The van der Waals surface area contributed by atoms with Gasteiger partial charge in [0, 0.05) is 17.7 Å². The first-order chi connectivity index (χ1) is 6.43. The van der Waals surface area contributed by atoms with Crippen LogP contribution in [0.15, 0.2) is 12.1 Å². The van der Waals surface area contributed by atoms with Gasteiger partial charge in [0.15, 0.2) is 0 Å². The van der Waals surface area contributed by atoms with Crippen LogP contribution < -0.4 is 11.5 Å². The molecule has 0 heterocycles. The Kier molecular flexibility index (Phi) is 2.96. The molecule has 78 valence electrons.